The number of nitrogens with zero attached hydrogens (tertiary/aromatic N) is 1. The van der Waals surface area contributed by atoms with Gasteiger partial charge in [-0.3, -0.25) is 4.98 Å². The van der Waals surface area contributed by atoms with Gasteiger partial charge in [-0.15, -0.1) is 0 Å². The number of aliphatic hydroxyl groups excluding tert-OH is 3. The number of aliphatic hydroxyl groups is 3. The first-order valence-electron chi connectivity index (χ1n) is 5.06. The summed E-state index contributed by atoms with van der Waals surface area (Å²) in [5.41, 5.74) is -0.540. The van der Waals surface area contributed by atoms with Crippen LogP contribution in [0.3, 0.4) is 0 Å². The quantitative estimate of drug-likeness (QED) is 0.401. The molecule has 0 aliphatic carbocycles. The van der Waals surface area contributed by atoms with Gasteiger partial charge >= 0.3 is 5.69 Å². The van der Waals surface area contributed by atoms with Crippen molar-refractivity contribution in [3.63, 3.8) is 0 Å². The summed E-state index contributed by atoms with van der Waals surface area (Å²) in [5.74, 6) is 0.305. The Hall–Kier alpha value is -1.48. The van der Waals surface area contributed by atoms with Crippen molar-refractivity contribution in [1.29, 1.82) is 0 Å². The van der Waals surface area contributed by atoms with E-state index in [1.165, 1.54) is 12.3 Å². The van der Waals surface area contributed by atoms with E-state index in [1.54, 1.807) is 0 Å². The van der Waals surface area contributed by atoms with E-state index in [0.717, 1.165) is 0 Å². The van der Waals surface area contributed by atoms with Crippen LogP contribution in [0.5, 0.6) is 0 Å². The molecule has 1 aromatic heterocycles. The highest BCUT2D eigenvalue weighted by molar-refractivity contribution is 5.33. The molecular formula is C9H13N3O5. The molecule has 0 amide bonds. The van der Waals surface area contributed by atoms with Crippen LogP contribution in [-0.2, 0) is 4.74 Å². The third-order valence-corrected chi connectivity index (χ3v) is 2.51. The van der Waals surface area contributed by atoms with Crippen LogP contribution in [0, 0.1) is 0 Å². The fraction of sp³-hybridized carbons (Fsp3) is 0.556. The molecule has 0 saturated carbocycles. The lowest BCUT2D eigenvalue weighted by Gasteiger charge is -2.16. The Morgan fingerprint density at radius 1 is 1.47 bits per heavy atom. The van der Waals surface area contributed by atoms with Crippen LogP contribution in [-0.4, -0.2) is 56.4 Å². The van der Waals surface area contributed by atoms with Crippen molar-refractivity contribution in [3.05, 3.63) is 22.7 Å². The van der Waals surface area contributed by atoms with Gasteiger partial charge in [-0.05, 0) is 6.07 Å². The normalized spacial score (nSPS) is 32.6. The Balaban J connectivity index is 2.07. The first kappa shape index (κ1) is 12.0. The minimum absolute atomic E-state index is 0.305. The van der Waals surface area contributed by atoms with Crippen molar-refractivity contribution >= 4 is 5.82 Å². The lowest BCUT2D eigenvalue weighted by atomic mass is 10.1. The van der Waals surface area contributed by atoms with Gasteiger partial charge < -0.3 is 25.4 Å². The third kappa shape index (κ3) is 2.44. The second-order valence-electron chi connectivity index (χ2n) is 3.69. The average Bonchev–Trinajstić information content (AvgIpc) is 2.57. The molecular weight excluding hydrogens is 230 g/mol. The molecule has 0 radical (unpaired) electrons. The van der Waals surface area contributed by atoms with E-state index in [4.69, 9.17) is 9.84 Å². The van der Waals surface area contributed by atoms with Crippen molar-refractivity contribution in [2.24, 2.45) is 0 Å². The van der Waals surface area contributed by atoms with Gasteiger partial charge in [0.25, 0.3) is 0 Å². The second kappa shape index (κ2) is 4.80. The Labute approximate surface area is 95.9 Å². The van der Waals surface area contributed by atoms with Crippen LogP contribution in [0.15, 0.2) is 17.1 Å². The SMILES string of the molecule is O=c1nccc(NC2O[C@@H](CO)[C@H](O)[C@@H]2O)[nH]1. The summed E-state index contributed by atoms with van der Waals surface area (Å²) in [5, 5.41) is 30.7. The molecule has 1 saturated heterocycles. The molecule has 2 rings (SSSR count). The topological polar surface area (TPSA) is 128 Å². The molecule has 0 spiro atoms. The molecule has 17 heavy (non-hydrogen) atoms. The summed E-state index contributed by atoms with van der Waals surface area (Å²) in [4.78, 5) is 16.8. The van der Waals surface area contributed by atoms with E-state index in [0.29, 0.717) is 5.82 Å². The van der Waals surface area contributed by atoms with Gasteiger partial charge in [-0.1, -0.05) is 0 Å². The predicted molar refractivity (Wildman–Crippen MR) is 56.2 cm³/mol. The van der Waals surface area contributed by atoms with Crippen molar-refractivity contribution in [2.45, 2.75) is 24.5 Å². The summed E-state index contributed by atoms with van der Waals surface area (Å²) in [6.45, 7) is -0.400. The van der Waals surface area contributed by atoms with Crippen LogP contribution in [0.1, 0.15) is 0 Å². The minimum atomic E-state index is -1.19. The van der Waals surface area contributed by atoms with Gasteiger partial charge in [0.2, 0.25) is 0 Å². The largest absolute Gasteiger partial charge is 0.394 e. The molecule has 94 valence electrons. The number of hydrogen-bond donors (Lipinski definition) is 5. The number of anilines is 1. The van der Waals surface area contributed by atoms with Gasteiger partial charge in [0.05, 0.1) is 6.61 Å². The molecule has 1 fully saturated rings. The van der Waals surface area contributed by atoms with E-state index in [-0.39, 0.29) is 0 Å². The molecule has 8 heteroatoms. The van der Waals surface area contributed by atoms with Crippen molar-refractivity contribution < 1.29 is 20.1 Å². The van der Waals surface area contributed by atoms with Crippen LogP contribution in [0.25, 0.3) is 0 Å². The predicted octanol–water partition coefficient (Wildman–Crippen LogP) is -2.38. The van der Waals surface area contributed by atoms with Crippen LogP contribution >= 0.6 is 0 Å². The number of hydrogen-bond acceptors (Lipinski definition) is 7. The highest BCUT2D eigenvalue weighted by Gasteiger charge is 2.42. The Bertz CT molecular complexity index is 437. The van der Waals surface area contributed by atoms with Gasteiger partial charge in [0.15, 0.2) is 6.23 Å². The molecule has 4 atom stereocenters. The van der Waals surface area contributed by atoms with Crippen molar-refractivity contribution in [3.8, 4) is 0 Å². The standard InChI is InChI=1S/C9H13N3O5/c13-3-4-6(14)7(15)8(17-4)11-5-1-2-10-9(16)12-5/h1-2,4,6-8,13-15H,3H2,(H2,10,11,12,16)/t4-,6-,7-,8?/m0/s1. The zero-order chi connectivity index (χ0) is 12.4. The van der Waals surface area contributed by atoms with E-state index >= 15 is 0 Å². The summed E-state index contributed by atoms with van der Waals surface area (Å²) >= 11 is 0. The maximum Gasteiger partial charge on any atom is 0.346 e. The van der Waals surface area contributed by atoms with E-state index in [1.807, 2.05) is 0 Å². The van der Waals surface area contributed by atoms with E-state index in [9.17, 15) is 15.0 Å². The third-order valence-electron chi connectivity index (χ3n) is 2.51. The van der Waals surface area contributed by atoms with Crippen LogP contribution < -0.4 is 11.0 Å². The zero-order valence-corrected chi connectivity index (χ0v) is 8.78. The van der Waals surface area contributed by atoms with Gasteiger partial charge in [0, 0.05) is 6.20 Å². The van der Waals surface area contributed by atoms with Gasteiger partial charge in [-0.2, -0.15) is 0 Å². The summed E-state index contributed by atoms with van der Waals surface area (Å²) < 4.78 is 5.18. The summed E-state index contributed by atoms with van der Waals surface area (Å²) in [7, 11) is 0. The monoisotopic (exact) mass is 243 g/mol. The number of ether oxygens (including phenoxy) is 1. The molecule has 0 aromatic carbocycles. The van der Waals surface area contributed by atoms with Crippen molar-refractivity contribution in [1.82, 2.24) is 9.97 Å². The fourth-order valence-electron chi connectivity index (χ4n) is 1.62. The Morgan fingerprint density at radius 3 is 2.82 bits per heavy atom. The number of aromatic nitrogens is 2. The molecule has 1 aromatic rings. The molecule has 5 N–H and O–H groups in total. The molecule has 2 heterocycles. The number of nitrogens with one attached hydrogen (secondary N) is 2. The zero-order valence-electron chi connectivity index (χ0n) is 8.78. The van der Waals surface area contributed by atoms with E-state index in [2.05, 4.69) is 15.3 Å². The first-order chi connectivity index (χ1) is 8.11. The maximum absolute atomic E-state index is 10.9. The van der Waals surface area contributed by atoms with E-state index < -0.39 is 36.8 Å². The highest BCUT2D eigenvalue weighted by Crippen LogP contribution is 2.21. The molecule has 1 aliphatic heterocycles. The smallest absolute Gasteiger partial charge is 0.346 e. The lowest BCUT2D eigenvalue weighted by molar-refractivity contribution is -0.0154. The average molecular weight is 243 g/mol. The summed E-state index contributed by atoms with van der Waals surface area (Å²) in [6.07, 6.45) is -2.83. The molecule has 0 bridgehead atoms. The Morgan fingerprint density at radius 2 is 2.24 bits per heavy atom. The molecule has 1 unspecified atom stereocenters. The highest BCUT2D eigenvalue weighted by atomic mass is 16.6. The Kier molecular flexibility index (Phi) is 3.38. The van der Waals surface area contributed by atoms with Crippen LogP contribution in [0.2, 0.25) is 0 Å². The maximum atomic E-state index is 10.9. The number of aromatic amines is 1. The lowest BCUT2D eigenvalue weighted by Crippen LogP contribution is -2.37. The molecule has 1 aliphatic rings. The second-order valence-corrected chi connectivity index (χ2v) is 3.69. The van der Waals surface area contributed by atoms with Crippen LogP contribution in [0.4, 0.5) is 5.82 Å². The summed E-state index contributed by atoms with van der Waals surface area (Å²) in [6, 6.07) is 1.48. The van der Waals surface area contributed by atoms with Gasteiger partial charge in [0.1, 0.15) is 24.1 Å². The number of rotatable bonds is 3. The minimum Gasteiger partial charge on any atom is -0.394 e. The first-order valence-corrected chi connectivity index (χ1v) is 5.06. The number of H-pyrrole nitrogens is 1. The molecule has 8 nitrogen and oxygen atoms in total. The van der Waals surface area contributed by atoms with Crippen molar-refractivity contribution in [2.75, 3.05) is 11.9 Å². The van der Waals surface area contributed by atoms with Gasteiger partial charge in [-0.25, -0.2) is 9.78 Å². The fourth-order valence-corrected chi connectivity index (χ4v) is 1.62.